The summed E-state index contributed by atoms with van der Waals surface area (Å²) in [5.41, 5.74) is 2.88. The second-order valence-electron chi connectivity index (χ2n) is 5.37. The van der Waals surface area contributed by atoms with Crippen LogP contribution in [-0.4, -0.2) is 15.2 Å². The molecule has 0 spiro atoms. The smallest absolute Gasteiger partial charge is 0.149 e. The number of hydrogen-bond acceptors (Lipinski definition) is 4. The first-order valence-electron chi connectivity index (χ1n) is 7.48. The minimum atomic E-state index is -0.578. The normalized spacial score (nSPS) is 10.8. The van der Waals surface area contributed by atoms with Crippen LogP contribution < -0.4 is 0 Å². The summed E-state index contributed by atoms with van der Waals surface area (Å²) in [6, 6.07) is 10.7. The maximum absolute atomic E-state index is 14.2. The molecule has 4 rings (SSSR count). The molecular weight excluding hydrogens is 324 g/mol. The van der Waals surface area contributed by atoms with Crippen molar-refractivity contribution in [2.45, 2.75) is 0 Å². The van der Waals surface area contributed by atoms with E-state index in [9.17, 15) is 8.78 Å². The van der Waals surface area contributed by atoms with E-state index < -0.39 is 11.6 Å². The van der Waals surface area contributed by atoms with Gasteiger partial charge in [0.25, 0.3) is 0 Å². The van der Waals surface area contributed by atoms with Crippen LogP contribution in [0.3, 0.4) is 0 Å². The minimum Gasteiger partial charge on any atom is -0.472 e. The fourth-order valence-corrected chi connectivity index (χ4v) is 2.55. The van der Waals surface area contributed by atoms with Gasteiger partial charge in [-0.1, -0.05) is 6.07 Å². The number of benzene rings is 1. The quantitative estimate of drug-likeness (QED) is 0.542. The number of aromatic nitrogens is 3. The van der Waals surface area contributed by atoms with Crippen molar-refractivity contribution in [3.05, 3.63) is 79.0 Å². The maximum atomic E-state index is 14.2. The summed E-state index contributed by atoms with van der Waals surface area (Å²) in [7, 11) is 0. The van der Waals surface area contributed by atoms with Gasteiger partial charge >= 0.3 is 0 Å². The third-order valence-corrected chi connectivity index (χ3v) is 3.78. The van der Waals surface area contributed by atoms with E-state index in [2.05, 4.69) is 15.2 Å². The molecule has 0 fully saturated rings. The van der Waals surface area contributed by atoms with E-state index in [1.807, 2.05) is 6.07 Å². The Morgan fingerprint density at radius 2 is 1.80 bits per heavy atom. The molecule has 0 aliphatic carbocycles. The zero-order valence-electron chi connectivity index (χ0n) is 12.9. The van der Waals surface area contributed by atoms with Gasteiger partial charge in [0.1, 0.15) is 17.3 Å². The highest BCUT2D eigenvalue weighted by Crippen LogP contribution is 2.30. The Morgan fingerprint density at radius 1 is 0.880 bits per heavy atom. The van der Waals surface area contributed by atoms with Gasteiger partial charge in [-0.3, -0.25) is 4.98 Å². The first-order chi connectivity index (χ1) is 12.2. The van der Waals surface area contributed by atoms with E-state index in [1.165, 1.54) is 24.4 Å². The fourth-order valence-electron chi connectivity index (χ4n) is 2.55. The molecule has 3 heterocycles. The van der Waals surface area contributed by atoms with Crippen LogP contribution in [0.25, 0.3) is 33.6 Å². The molecule has 6 heteroatoms. The zero-order valence-corrected chi connectivity index (χ0v) is 12.9. The Kier molecular flexibility index (Phi) is 3.78. The van der Waals surface area contributed by atoms with E-state index in [4.69, 9.17) is 4.42 Å². The van der Waals surface area contributed by atoms with Crippen LogP contribution in [0, 0.1) is 11.6 Å². The Bertz CT molecular complexity index is 1030. The molecule has 0 unspecified atom stereocenters. The van der Waals surface area contributed by atoms with Gasteiger partial charge in [-0.25, -0.2) is 8.78 Å². The summed E-state index contributed by atoms with van der Waals surface area (Å²) < 4.78 is 33.2. The van der Waals surface area contributed by atoms with Gasteiger partial charge in [0, 0.05) is 22.9 Å². The van der Waals surface area contributed by atoms with Crippen molar-refractivity contribution in [2.75, 3.05) is 0 Å². The molecular formula is C19H11F2N3O. The van der Waals surface area contributed by atoms with Gasteiger partial charge in [0.15, 0.2) is 0 Å². The van der Waals surface area contributed by atoms with Gasteiger partial charge in [-0.15, -0.1) is 0 Å². The fraction of sp³-hybridized carbons (Fsp3) is 0. The molecule has 25 heavy (non-hydrogen) atoms. The zero-order chi connectivity index (χ0) is 17.2. The van der Waals surface area contributed by atoms with Crippen LogP contribution in [0.1, 0.15) is 0 Å². The molecule has 0 aliphatic rings. The lowest BCUT2D eigenvalue weighted by molar-refractivity contribution is 0.568. The molecule has 0 saturated heterocycles. The molecule has 4 aromatic rings. The second-order valence-corrected chi connectivity index (χ2v) is 5.37. The van der Waals surface area contributed by atoms with Gasteiger partial charge in [0.05, 0.1) is 24.4 Å². The highest BCUT2D eigenvalue weighted by atomic mass is 19.1. The van der Waals surface area contributed by atoms with Crippen molar-refractivity contribution < 1.29 is 13.2 Å². The SMILES string of the molecule is Fc1ccc(-c2cnnc(-c3ccoc3)c2)cc1-c1ncccc1F. The lowest BCUT2D eigenvalue weighted by Crippen LogP contribution is -1.94. The highest BCUT2D eigenvalue weighted by Gasteiger charge is 2.13. The molecule has 1 aromatic carbocycles. The van der Waals surface area contributed by atoms with Crippen LogP contribution in [0.15, 0.2) is 71.8 Å². The predicted octanol–water partition coefficient (Wildman–Crippen LogP) is 4.74. The monoisotopic (exact) mass is 335 g/mol. The first-order valence-corrected chi connectivity index (χ1v) is 7.48. The topological polar surface area (TPSA) is 51.8 Å². The van der Waals surface area contributed by atoms with Gasteiger partial charge in [-0.2, -0.15) is 10.2 Å². The van der Waals surface area contributed by atoms with Crippen molar-refractivity contribution in [3.63, 3.8) is 0 Å². The van der Waals surface area contributed by atoms with Crippen LogP contribution in [0.5, 0.6) is 0 Å². The Balaban J connectivity index is 1.81. The summed E-state index contributed by atoms with van der Waals surface area (Å²) in [6.45, 7) is 0. The Hall–Kier alpha value is -3.41. The van der Waals surface area contributed by atoms with E-state index in [0.717, 1.165) is 11.1 Å². The van der Waals surface area contributed by atoms with Crippen LogP contribution in [0.4, 0.5) is 8.78 Å². The summed E-state index contributed by atoms with van der Waals surface area (Å²) in [6.07, 6.45) is 6.10. The largest absolute Gasteiger partial charge is 0.472 e. The van der Waals surface area contributed by atoms with Crippen LogP contribution >= 0.6 is 0 Å². The second kappa shape index (κ2) is 6.24. The number of pyridine rings is 1. The third-order valence-electron chi connectivity index (χ3n) is 3.78. The molecule has 0 bridgehead atoms. The number of hydrogen-bond donors (Lipinski definition) is 0. The molecule has 0 saturated carbocycles. The van der Waals surface area contributed by atoms with E-state index >= 15 is 0 Å². The molecule has 0 amide bonds. The number of nitrogens with zero attached hydrogens (tertiary/aromatic N) is 3. The van der Waals surface area contributed by atoms with Crippen molar-refractivity contribution in [1.82, 2.24) is 15.2 Å². The summed E-state index contributed by atoms with van der Waals surface area (Å²) in [5.74, 6) is -1.12. The van der Waals surface area contributed by atoms with Crippen molar-refractivity contribution >= 4 is 0 Å². The van der Waals surface area contributed by atoms with E-state index in [-0.39, 0.29) is 11.3 Å². The first kappa shape index (κ1) is 15.1. The van der Waals surface area contributed by atoms with E-state index in [1.54, 1.807) is 36.9 Å². The predicted molar refractivity (Wildman–Crippen MR) is 88.3 cm³/mol. The lowest BCUT2D eigenvalue weighted by Gasteiger charge is -2.08. The lowest BCUT2D eigenvalue weighted by atomic mass is 10.0. The average molecular weight is 335 g/mol. The summed E-state index contributed by atoms with van der Waals surface area (Å²) >= 11 is 0. The summed E-state index contributed by atoms with van der Waals surface area (Å²) in [4.78, 5) is 3.95. The molecule has 0 aliphatic heterocycles. The third kappa shape index (κ3) is 2.89. The number of rotatable bonds is 3. The standard InChI is InChI=1S/C19H11F2N3O/c20-16-4-3-12(8-15(16)19-17(21)2-1-6-22-19)14-9-18(24-23-10-14)13-5-7-25-11-13/h1-11H. The molecule has 3 aromatic heterocycles. The minimum absolute atomic E-state index is 0.0288. The molecule has 0 atom stereocenters. The molecule has 0 radical (unpaired) electrons. The molecule has 0 N–H and O–H groups in total. The maximum Gasteiger partial charge on any atom is 0.149 e. The average Bonchev–Trinajstić information content (AvgIpc) is 3.18. The Labute approximate surface area is 141 Å². The summed E-state index contributed by atoms with van der Waals surface area (Å²) in [5, 5.41) is 8.05. The molecule has 4 nitrogen and oxygen atoms in total. The van der Waals surface area contributed by atoms with Crippen LogP contribution in [0.2, 0.25) is 0 Å². The number of furan rings is 1. The highest BCUT2D eigenvalue weighted by molar-refractivity contribution is 5.74. The molecule has 122 valence electrons. The Morgan fingerprint density at radius 3 is 2.60 bits per heavy atom. The van der Waals surface area contributed by atoms with Crippen molar-refractivity contribution in [3.8, 4) is 33.6 Å². The van der Waals surface area contributed by atoms with Gasteiger partial charge in [0.2, 0.25) is 0 Å². The van der Waals surface area contributed by atoms with Gasteiger partial charge < -0.3 is 4.42 Å². The van der Waals surface area contributed by atoms with Crippen molar-refractivity contribution in [2.24, 2.45) is 0 Å². The number of halogens is 2. The van der Waals surface area contributed by atoms with Crippen LogP contribution in [-0.2, 0) is 0 Å². The van der Waals surface area contributed by atoms with Gasteiger partial charge in [-0.05, 0) is 42.0 Å². The van der Waals surface area contributed by atoms with Crippen molar-refractivity contribution in [1.29, 1.82) is 0 Å². The van der Waals surface area contributed by atoms with E-state index in [0.29, 0.717) is 11.3 Å².